The molecule has 2 fully saturated rings. The number of hydrogen-bond donors (Lipinski definition) is 12. The third-order valence-electron chi connectivity index (χ3n) is 7.80. The summed E-state index contributed by atoms with van der Waals surface area (Å²) in [7, 11) is 0. The summed E-state index contributed by atoms with van der Waals surface area (Å²) in [5, 5.41) is 125. The molecule has 0 amide bonds. The van der Waals surface area contributed by atoms with Gasteiger partial charge in [-0.25, -0.2) is 0 Å². The SMILES string of the molecule is O=C1C(=C(O)C=Cc2ccc(O)cc2)C(O)=C(C2OC(CO)C(O)C(O)C2O)C(=O)C1(O)C1OC(O)C(O)C(CO)C1O. The fourth-order valence-corrected chi connectivity index (χ4v) is 5.30. The lowest BCUT2D eigenvalue weighted by Gasteiger charge is -2.48. The summed E-state index contributed by atoms with van der Waals surface area (Å²) in [6.45, 7) is -2.00. The Balaban J connectivity index is 1.92. The lowest BCUT2D eigenvalue weighted by molar-refractivity contribution is -0.296. The highest BCUT2D eigenvalue weighted by molar-refractivity contribution is 6.28. The van der Waals surface area contributed by atoms with Crippen LogP contribution < -0.4 is 0 Å². The quantitative estimate of drug-likeness (QED) is 0.0823. The number of hydrogen-bond acceptors (Lipinski definition) is 16. The molecule has 0 aromatic heterocycles. The number of phenols is 1. The molecule has 1 aromatic rings. The van der Waals surface area contributed by atoms with Crippen LogP contribution in [0.3, 0.4) is 0 Å². The molecule has 1 aliphatic carbocycles. The van der Waals surface area contributed by atoms with Crippen LogP contribution in [0, 0.1) is 5.92 Å². The molecule has 3 aliphatic rings. The van der Waals surface area contributed by atoms with Crippen LogP contribution in [-0.2, 0) is 19.1 Å². The maximum absolute atomic E-state index is 13.9. The highest BCUT2D eigenvalue weighted by atomic mass is 16.6. The molecular weight excluding hydrogens is 580 g/mol. The van der Waals surface area contributed by atoms with Gasteiger partial charge in [0, 0.05) is 5.92 Å². The molecular formula is C27H32O16. The van der Waals surface area contributed by atoms with E-state index >= 15 is 0 Å². The van der Waals surface area contributed by atoms with Crippen molar-refractivity contribution in [2.45, 2.75) is 60.7 Å². The summed E-state index contributed by atoms with van der Waals surface area (Å²) in [6, 6.07) is 5.38. The number of carbonyl (C=O) groups is 2. The number of rotatable bonds is 6. The topological polar surface area (TPSA) is 295 Å². The Labute approximate surface area is 242 Å². The minimum Gasteiger partial charge on any atom is -0.508 e. The zero-order valence-electron chi connectivity index (χ0n) is 22.2. The van der Waals surface area contributed by atoms with Crippen LogP contribution in [-0.4, -0.2) is 147 Å². The molecule has 2 aliphatic heterocycles. The number of allylic oxidation sites excluding steroid dienone is 2. The molecule has 0 bridgehead atoms. The third kappa shape index (κ3) is 5.47. The van der Waals surface area contributed by atoms with E-state index in [9.17, 15) is 70.9 Å². The highest BCUT2D eigenvalue weighted by Crippen LogP contribution is 2.42. The Morgan fingerprint density at radius 2 is 1.44 bits per heavy atom. The first-order valence-corrected chi connectivity index (χ1v) is 13.0. The summed E-state index contributed by atoms with van der Waals surface area (Å²) in [6.07, 6.45) is -16.9. The fourth-order valence-electron chi connectivity index (χ4n) is 5.30. The Morgan fingerprint density at radius 1 is 0.814 bits per heavy atom. The first kappa shape index (κ1) is 32.6. The van der Waals surface area contributed by atoms with Crippen LogP contribution >= 0.6 is 0 Å². The minimum absolute atomic E-state index is 0.0879. The van der Waals surface area contributed by atoms with Crippen molar-refractivity contribution in [1.82, 2.24) is 0 Å². The van der Waals surface area contributed by atoms with Gasteiger partial charge in [-0.3, -0.25) is 9.59 Å². The molecule has 1 aromatic carbocycles. The molecule has 2 saturated heterocycles. The average Bonchev–Trinajstić information content (AvgIpc) is 2.98. The third-order valence-corrected chi connectivity index (χ3v) is 7.80. The van der Waals surface area contributed by atoms with E-state index in [2.05, 4.69) is 0 Å². The van der Waals surface area contributed by atoms with Gasteiger partial charge in [0.2, 0.25) is 17.2 Å². The first-order chi connectivity index (χ1) is 20.2. The summed E-state index contributed by atoms with van der Waals surface area (Å²) in [5.74, 6) is -7.79. The maximum Gasteiger partial charge on any atom is 0.219 e. The lowest BCUT2D eigenvalue weighted by Crippen LogP contribution is -2.70. The molecule has 0 radical (unpaired) electrons. The maximum atomic E-state index is 13.9. The predicted octanol–water partition coefficient (Wildman–Crippen LogP) is -4.20. The molecule has 0 saturated carbocycles. The van der Waals surface area contributed by atoms with E-state index in [0.29, 0.717) is 5.56 Å². The monoisotopic (exact) mass is 612 g/mol. The number of Topliss-reactive ketones (excluding diaryl/α,β-unsaturated/α-hetero) is 2. The van der Waals surface area contributed by atoms with Gasteiger partial charge in [-0.05, 0) is 23.8 Å². The number of phenolic OH excluding ortho intramolecular Hbond substituents is 1. The van der Waals surface area contributed by atoms with Gasteiger partial charge >= 0.3 is 0 Å². The number of ether oxygens (including phenoxy) is 2. The van der Waals surface area contributed by atoms with Crippen molar-refractivity contribution >= 4 is 17.6 Å². The Hall–Kier alpha value is -3.26. The van der Waals surface area contributed by atoms with E-state index in [1.54, 1.807) is 0 Å². The largest absolute Gasteiger partial charge is 0.508 e. The van der Waals surface area contributed by atoms with Crippen molar-refractivity contribution in [2.24, 2.45) is 5.92 Å². The van der Waals surface area contributed by atoms with E-state index in [1.807, 2.05) is 0 Å². The molecule has 12 N–H and O–H groups in total. The molecule has 16 heteroatoms. The smallest absolute Gasteiger partial charge is 0.219 e. The van der Waals surface area contributed by atoms with E-state index in [4.69, 9.17) is 9.47 Å². The molecule has 11 unspecified atom stereocenters. The molecule has 43 heavy (non-hydrogen) atoms. The standard InChI is InChI=1S/C27H32O16/c28-7-11-16(32)25(43-26(40)17(11)33)27(41)23(38)14(12(31)6-3-9-1-4-10(30)5-2-9)19(35)15(24(27)39)22-21(37)20(36)18(34)13(8-29)42-22/h1-6,11,13,16-18,20-22,25-26,28-37,40-41H,7-8H2. The molecule has 16 nitrogen and oxygen atoms in total. The normalized spacial score (nSPS) is 40.3. The zero-order chi connectivity index (χ0) is 32.0. The number of benzene rings is 1. The van der Waals surface area contributed by atoms with Crippen molar-refractivity contribution in [3.63, 3.8) is 0 Å². The molecule has 4 rings (SSSR count). The number of carbonyl (C=O) groups excluding carboxylic acids is 2. The van der Waals surface area contributed by atoms with E-state index in [0.717, 1.165) is 6.08 Å². The lowest BCUT2D eigenvalue weighted by atomic mass is 9.68. The molecule has 0 spiro atoms. The Kier molecular flexibility index (Phi) is 9.41. The summed E-state index contributed by atoms with van der Waals surface area (Å²) in [5.41, 5.74) is -5.62. The second-order valence-corrected chi connectivity index (χ2v) is 10.4. The second kappa shape index (κ2) is 12.4. The number of aromatic hydroxyl groups is 1. The van der Waals surface area contributed by atoms with Crippen molar-refractivity contribution in [2.75, 3.05) is 13.2 Å². The van der Waals surface area contributed by atoms with Crippen molar-refractivity contribution in [3.05, 3.63) is 58.6 Å². The number of aliphatic hydroxyl groups excluding tert-OH is 10. The number of aliphatic hydroxyl groups is 11. The van der Waals surface area contributed by atoms with Gasteiger partial charge in [-0.15, -0.1) is 0 Å². The first-order valence-electron chi connectivity index (χ1n) is 13.0. The number of ketones is 2. The van der Waals surface area contributed by atoms with Gasteiger partial charge in [-0.2, -0.15) is 0 Å². The van der Waals surface area contributed by atoms with Gasteiger partial charge in [0.15, 0.2) is 6.29 Å². The molecule has 236 valence electrons. The van der Waals surface area contributed by atoms with Crippen LogP contribution in [0.2, 0.25) is 0 Å². The Morgan fingerprint density at radius 3 is 2.02 bits per heavy atom. The predicted molar refractivity (Wildman–Crippen MR) is 139 cm³/mol. The molecule has 2 heterocycles. The van der Waals surface area contributed by atoms with Crippen LogP contribution in [0.4, 0.5) is 0 Å². The van der Waals surface area contributed by atoms with Crippen molar-refractivity contribution in [3.8, 4) is 5.75 Å². The van der Waals surface area contributed by atoms with Gasteiger partial charge in [0.25, 0.3) is 0 Å². The van der Waals surface area contributed by atoms with Gasteiger partial charge < -0.3 is 70.8 Å². The van der Waals surface area contributed by atoms with Crippen LogP contribution in [0.1, 0.15) is 5.56 Å². The van der Waals surface area contributed by atoms with Crippen molar-refractivity contribution in [1.29, 1.82) is 0 Å². The zero-order valence-corrected chi connectivity index (χ0v) is 22.2. The second-order valence-electron chi connectivity index (χ2n) is 10.4. The van der Waals surface area contributed by atoms with Gasteiger partial charge in [0.1, 0.15) is 65.6 Å². The molecule has 11 atom stereocenters. The van der Waals surface area contributed by atoms with Crippen LogP contribution in [0.15, 0.2) is 53.0 Å². The van der Waals surface area contributed by atoms with E-state index < -0.39 is 114 Å². The van der Waals surface area contributed by atoms with Gasteiger partial charge in [0.05, 0.1) is 24.9 Å². The van der Waals surface area contributed by atoms with Gasteiger partial charge in [-0.1, -0.05) is 18.2 Å². The fraction of sp³-hybridized carbons (Fsp3) is 0.481. The van der Waals surface area contributed by atoms with Crippen LogP contribution in [0.25, 0.3) is 6.08 Å². The Bertz CT molecular complexity index is 1320. The van der Waals surface area contributed by atoms with Crippen LogP contribution in [0.5, 0.6) is 5.75 Å². The summed E-state index contributed by atoms with van der Waals surface area (Å²) < 4.78 is 10.4. The highest BCUT2D eigenvalue weighted by Gasteiger charge is 2.65. The van der Waals surface area contributed by atoms with E-state index in [-0.39, 0.29) is 5.75 Å². The van der Waals surface area contributed by atoms with E-state index in [1.165, 1.54) is 30.3 Å². The summed E-state index contributed by atoms with van der Waals surface area (Å²) in [4.78, 5) is 27.6. The minimum atomic E-state index is -3.63. The average molecular weight is 613 g/mol. The van der Waals surface area contributed by atoms with Crippen molar-refractivity contribution < 1.29 is 80.3 Å². The summed E-state index contributed by atoms with van der Waals surface area (Å²) >= 11 is 0.